The highest BCUT2D eigenvalue weighted by Crippen LogP contribution is 2.12. The number of carbonyl (C=O) groups excluding carboxylic acids is 2. The zero-order valence-corrected chi connectivity index (χ0v) is 11.3. The quantitative estimate of drug-likeness (QED) is 0.791. The van der Waals surface area contributed by atoms with Crippen molar-refractivity contribution in [2.75, 3.05) is 13.1 Å². The first-order valence-electron chi connectivity index (χ1n) is 5.69. The van der Waals surface area contributed by atoms with Crippen molar-refractivity contribution in [3.63, 3.8) is 0 Å². The summed E-state index contributed by atoms with van der Waals surface area (Å²) in [5.74, 6) is 0.246. The summed E-state index contributed by atoms with van der Waals surface area (Å²) in [5.41, 5.74) is -0.318. The van der Waals surface area contributed by atoms with Gasteiger partial charge in [0.15, 0.2) is 0 Å². The summed E-state index contributed by atoms with van der Waals surface area (Å²) in [7, 11) is 0. The molecule has 0 bridgehead atoms. The molecule has 0 aromatic carbocycles. The average Bonchev–Trinajstić information content (AvgIpc) is 2.08. The van der Waals surface area contributed by atoms with E-state index in [1.165, 1.54) is 6.92 Å². The van der Waals surface area contributed by atoms with Gasteiger partial charge in [0, 0.05) is 19.0 Å². The molecule has 0 saturated heterocycles. The summed E-state index contributed by atoms with van der Waals surface area (Å²) < 4.78 is 0. The van der Waals surface area contributed by atoms with Crippen LogP contribution in [0.2, 0.25) is 0 Å². The van der Waals surface area contributed by atoms with Crippen molar-refractivity contribution in [1.82, 2.24) is 10.2 Å². The highest BCUT2D eigenvalue weighted by molar-refractivity contribution is 5.84. The molecule has 0 aliphatic carbocycles. The molecule has 0 saturated carbocycles. The number of nitrogens with one attached hydrogen (secondary N) is 1. The van der Waals surface area contributed by atoms with E-state index in [-0.39, 0.29) is 23.9 Å². The second-order valence-electron chi connectivity index (χ2n) is 5.47. The standard InChI is InChI=1S/C12H24N2O2/c1-9(2)7-13-11(16)8-14(10(3)15)12(4,5)6/h9H,7-8H2,1-6H3,(H,13,16). The molecule has 1 N–H and O–H groups in total. The normalized spacial score (nSPS) is 11.4. The minimum absolute atomic E-state index is 0.0767. The van der Waals surface area contributed by atoms with Crippen molar-refractivity contribution >= 4 is 11.8 Å². The van der Waals surface area contributed by atoms with Crippen LogP contribution in [0, 0.1) is 5.92 Å². The van der Waals surface area contributed by atoms with Crippen molar-refractivity contribution in [2.45, 2.75) is 47.1 Å². The first-order valence-corrected chi connectivity index (χ1v) is 5.69. The van der Waals surface area contributed by atoms with Gasteiger partial charge in [0.2, 0.25) is 11.8 Å². The molecule has 4 heteroatoms. The number of carbonyl (C=O) groups is 2. The van der Waals surface area contributed by atoms with Crippen LogP contribution in [-0.4, -0.2) is 35.3 Å². The summed E-state index contributed by atoms with van der Waals surface area (Å²) in [5, 5.41) is 2.81. The Balaban J connectivity index is 4.32. The molecule has 0 atom stereocenters. The van der Waals surface area contributed by atoms with Crippen LogP contribution in [0.15, 0.2) is 0 Å². The minimum Gasteiger partial charge on any atom is -0.354 e. The maximum Gasteiger partial charge on any atom is 0.239 e. The van der Waals surface area contributed by atoms with Crippen LogP contribution in [0.1, 0.15) is 41.5 Å². The molecule has 0 heterocycles. The lowest BCUT2D eigenvalue weighted by atomic mass is 10.1. The summed E-state index contributed by atoms with van der Waals surface area (Å²) in [6.07, 6.45) is 0. The second kappa shape index (κ2) is 5.87. The van der Waals surface area contributed by atoms with E-state index in [0.717, 1.165) is 0 Å². The molecule has 0 rings (SSSR count). The molecule has 0 aromatic heterocycles. The fourth-order valence-corrected chi connectivity index (χ4v) is 1.34. The third-order valence-electron chi connectivity index (χ3n) is 2.20. The number of amides is 2. The molecule has 4 nitrogen and oxygen atoms in total. The predicted octanol–water partition coefficient (Wildman–Crippen LogP) is 1.41. The predicted molar refractivity (Wildman–Crippen MR) is 65.0 cm³/mol. The lowest BCUT2D eigenvalue weighted by Crippen LogP contribution is -2.49. The number of hydrogen-bond acceptors (Lipinski definition) is 2. The summed E-state index contributed by atoms with van der Waals surface area (Å²) in [4.78, 5) is 24.6. The van der Waals surface area contributed by atoms with Crippen LogP contribution in [0.4, 0.5) is 0 Å². The molecule has 2 amide bonds. The molecule has 16 heavy (non-hydrogen) atoms. The van der Waals surface area contributed by atoms with E-state index >= 15 is 0 Å². The Bertz CT molecular complexity index is 254. The Morgan fingerprint density at radius 2 is 1.75 bits per heavy atom. The van der Waals surface area contributed by atoms with Crippen LogP contribution < -0.4 is 5.32 Å². The third kappa shape index (κ3) is 5.73. The van der Waals surface area contributed by atoms with Crippen LogP contribution >= 0.6 is 0 Å². The summed E-state index contributed by atoms with van der Waals surface area (Å²) in [6.45, 7) is 12.1. The van der Waals surface area contributed by atoms with Gasteiger partial charge in [0.25, 0.3) is 0 Å². The van der Waals surface area contributed by atoms with E-state index in [4.69, 9.17) is 0 Å². The average molecular weight is 228 g/mol. The number of rotatable bonds is 4. The van der Waals surface area contributed by atoms with Gasteiger partial charge >= 0.3 is 0 Å². The third-order valence-corrected chi connectivity index (χ3v) is 2.20. The SMILES string of the molecule is CC(=O)N(CC(=O)NCC(C)C)C(C)(C)C. The van der Waals surface area contributed by atoms with Gasteiger partial charge < -0.3 is 10.2 Å². The van der Waals surface area contributed by atoms with E-state index in [2.05, 4.69) is 5.32 Å². The van der Waals surface area contributed by atoms with E-state index in [1.807, 2.05) is 34.6 Å². The Morgan fingerprint density at radius 1 is 1.25 bits per heavy atom. The number of nitrogens with zero attached hydrogens (tertiary/aromatic N) is 1. The smallest absolute Gasteiger partial charge is 0.239 e. The fraction of sp³-hybridized carbons (Fsp3) is 0.833. The molecule has 0 aromatic rings. The fourth-order valence-electron chi connectivity index (χ4n) is 1.34. The second-order valence-corrected chi connectivity index (χ2v) is 5.47. The molecule has 94 valence electrons. The molecular weight excluding hydrogens is 204 g/mol. The van der Waals surface area contributed by atoms with Gasteiger partial charge in [0.05, 0.1) is 0 Å². The summed E-state index contributed by atoms with van der Waals surface area (Å²) in [6, 6.07) is 0. The van der Waals surface area contributed by atoms with E-state index in [0.29, 0.717) is 12.5 Å². The van der Waals surface area contributed by atoms with Gasteiger partial charge in [-0.05, 0) is 26.7 Å². The Labute approximate surface area is 98.4 Å². The lowest BCUT2D eigenvalue weighted by molar-refractivity contribution is -0.139. The minimum atomic E-state index is -0.318. The molecule has 0 aliphatic rings. The largest absolute Gasteiger partial charge is 0.354 e. The zero-order valence-electron chi connectivity index (χ0n) is 11.3. The monoisotopic (exact) mass is 228 g/mol. The van der Waals surface area contributed by atoms with Crippen LogP contribution in [0.25, 0.3) is 0 Å². The van der Waals surface area contributed by atoms with Crippen molar-refractivity contribution in [3.8, 4) is 0 Å². The molecule has 0 aliphatic heterocycles. The van der Waals surface area contributed by atoms with Crippen molar-refractivity contribution in [1.29, 1.82) is 0 Å². The van der Waals surface area contributed by atoms with Crippen molar-refractivity contribution < 1.29 is 9.59 Å². The van der Waals surface area contributed by atoms with Gasteiger partial charge in [0.1, 0.15) is 6.54 Å². The highest BCUT2D eigenvalue weighted by atomic mass is 16.2. The number of hydrogen-bond donors (Lipinski definition) is 1. The Hall–Kier alpha value is -1.06. The van der Waals surface area contributed by atoms with Crippen molar-refractivity contribution in [2.24, 2.45) is 5.92 Å². The Kier molecular flexibility index (Phi) is 5.48. The van der Waals surface area contributed by atoms with E-state index < -0.39 is 0 Å². The van der Waals surface area contributed by atoms with Gasteiger partial charge in [-0.1, -0.05) is 13.8 Å². The lowest BCUT2D eigenvalue weighted by Gasteiger charge is -2.34. The van der Waals surface area contributed by atoms with Crippen LogP contribution in [0.5, 0.6) is 0 Å². The van der Waals surface area contributed by atoms with Gasteiger partial charge in [-0.25, -0.2) is 0 Å². The molecule has 0 fully saturated rings. The van der Waals surface area contributed by atoms with Crippen molar-refractivity contribution in [3.05, 3.63) is 0 Å². The summed E-state index contributed by atoms with van der Waals surface area (Å²) >= 11 is 0. The van der Waals surface area contributed by atoms with E-state index in [9.17, 15) is 9.59 Å². The molecule has 0 radical (unpaired) electrons. The van der Waals surface area contributed by atoms with E-state index in [1.54, 1.807) is 4.90 Å². The zero-order chi connectivity index (χ0) is 12.9. The maximum absolute atomic E-state index is 11.6. The first kappa shape index (κ1) is 14.9. The first-order chi connectivity index (χ1) is 7.14. The topological polar surface area (TPSA) is 49.4 Å². The van der Waals surface area contributed by atoms with Gasteiger partial charge in [-0.15, -0.1) is 0 Å². The maximum atomic E-state index is 11.6. The molecular formula is C12H24N2O2. The van der Waals surface area contributed by atoms with Crippen LogP contribution in [-0.2, 0) is 9.59 Å². The Morgan fingerprint density at radius 3 is 2.06 bits per heavy atom. The highest BCUT2D eigenvalue weighted by Gasteiger charge is 2.25. The van der Waals surface area contributed by atoms with Gasteiger partial charge in [-0.2, -0.15) is 0 Å². The molecule has 0 unspecified atom stereocenters. The molecule has 0 spiro atoms. The van der Waals surface area contributed by atoms with Gasteiger partial charge in [-0.3, -0.25) is 9.59 Å². The van der Waals surface area contributed by atoms with Crippen LogP contribution in [0.3, 0.4) is 0 Å².